The van der Waals surface area contributed by atoms with Crippen LogP contribution in [0.5, 0.6) is 17.2 Å². The third-order valence-electron chi connectivity index (χ3n) is 9.80. The summed E-state index contributed by atoms with van der Waals surface area (Å²) in [5, 5.41) is 0. The lowest BCUT2D eigenvalue weighted by Crippen LogP contribution is -2.46. The Balaban J connectivity index is 1.68. The van der Waals surface area contributed by atoms with Crippen LogP contribution in [0.2, 0.25) is 0 Å². The summed E-state index contributed by atoms with van der Waals surface area (Å²) in [5.74, 6) is 2.17. The van der Waals surface area contributed by atoms with Crippen molar-refractivity contribution in [1.82, 2.24) is 9.80 Å². The Labute approximate surface area is 258 Å². The quantitative estimate of drug-likeness (QED) is 0.266. The molecule has 1 fully saturated rings. The third-order valence-corrected chi connectivity index (χ3v) is 9.80. The Bertz CT molecular complexity index is 1370. The van der Waals surface area contributed by atoms with E-state index in [9.17, 15) is 4.79 Å². The number of ether oxygens (including phenoxy) is 3. The fraction of sp³-hybridized carbons (Fsp3) is 0.541. The highest BCUT2D eigenvalue weighted by atomic mass is 16.5. The summed E-state index contributed by atoms with van der Waals surface area (Å²) < 4.78 is 19.5. The molecular formula is C37H50N2O4. The van der Waals surface area contributed by atoms with Gasteiger partial charge in [0.05, 0.1) is 19.8 Å². The maximum Gasteiger partial charge on any atom is 0.200 e. The molecule has 2 unspecified atom stereocenters. The minimum Gasteiger partial charge on any atom is -0.496 e. The van der Waals surface area contributed by atoms with Crippen LogP contribution in [-0.4, -0.2) is 68.6 Å². The van der Waals surface area contributed by atoms with E-state index in [2.05, 4.69) is 62.8 Å². The number of methoxy groups -OCH3 is 2. The molecule has 1 aliphatic carbocycles. The Morgan fingerprint density at radius 2 is 1.70 bits per heavy atom. The van der Waals surface area contributed by atoms with Gasteiger partial charge >= 0.3 is 0 Å². The summed E-state index contributed by atoms with van der Waals surface area (Å²) in [6.45, 7) is 13.6. The van der Waals surface area contributed by atoms with Crippen molar-refractivity contribution in [2.75, 3.05) is 47.4 Å². The minimum atomic E-state index is -0.481. The Kier molecular flexibility index (Phi) is 9.38. The second kappa shape index (κ2) is 12.9. The second-order valence-corrected chi connectivity index (χ2v) is 13.7. The Morgan fingerprint density at radius 1 is 1.00 bits per heavy atom. The highest BCUT2D eigenvalue weighted by molar-refractivity contribution is 6.13. The number of hydrogen-bond acceptors (Lipinski definition) is 6. The zero-order valence-corrected chi connectivity index (χ0v) is 27.3. The van der Waals surface area contributed by atoms with Crippen LogP contribution >= 0.6 is 0 Å². The topological polar surface area (TPSA) is 51.2 Å². The van der Waals surface area contributed by atoms with Crippen molar-refractivity contribution in [3.8, 4) is 17.2 Å². The molecule has 2 atom stereocenters. The van der Waals surface area contributed by atoms with Gasteiger partial charge in [0.15, 0.2) is 0 Å². The largest absolute Gasteiger partial charge is 0.496 e. The predicted octanol–water partition coefficient (Wildman–Crippen LogP) is 7.09. The lowest BCUT2D eigenvalue weighted by atomic mass is 9.74. The van der Waals surface area contributed by atoms with E-state index in [1.165, 1.54) is 5.57 Å². The molecule has 0 N–H and O–H groups in total. The highest BCUT2D eigenvalue weighted by Crippen LogP contribution is 2.52. The van der Waals surface area contributed by atoms with E-state index >= 15 is 0 Å². The van der Waals surface area contributed by atoms with E-state index in [4.69, 9.17) is 14.2 Å². The van der Waals surface area contributed by atoms with Gasteiger partial charge in [-0.2, -0.15) is 0 Å². The first-order valence-electron chi connectivity index (χ1n) is 15.9. The lowest BCUT2D eigenvalue weighted by Gasteiger charge is -2.44. The monoisotopic (exact) mass is 586 g/mol. The van der Waals surface area contributed by atoms with Crippen molar-refractivity contribution in [3.05, 3.63) is 76.4 Å². The zero-order chi connectivity index (χ0) is 30.8. The number of allylic oxidation sites excluding steroid dienone is 3. The Hall–Kier alpha value is -3.09. The van der Waals surface area contributed by atoms with Gasteiger partial charge in [-0.25, -0.2) is 0 Å². The molecule has 2 aromatic carbocycles. The summed E-state index contributed by atoms with van der Waals surface area (Å²) in [5.41, 5.74) is 4.09. The Morgan fingerprint density at radius 3 is 2.37 bits per heavy atom. The number of carbonyl (C=O) groups is 1. The molecule has 0 radical (unpaired) electrons. The van der Waals surface area contributed by atoms with Gasteiger partial charge in [0.2, 0.25) is 5.78 Å². The minimum absolute atomic E-state index is 0.0725. The first-order chi connectivity index (χ1) is 20.5. The average Bonchev–Trinajstić information content (AvgIpc) is 3.01. The van der Waals surface area contributed by atoms with Crippen molar-refractivity contribution in [3.63, 3.8) is 0 Å². The summed E-state index contributed by atoms with van der Waals surface area (Å²) in [6, 6.07) is 9.50. The summed E-state index contributed by atoms with van der Waals surface area (Å²) in [6.07, 6.45) is 11.6. The van der Waals surface area contributed by atoms with Crippen LogP contribution in [0.3, 0.4) is 0 Å². The van der Waals surface area contributed by atoms with Gasteiger partial charge < -0.3 is 19.1 Å². The van der Waals surface area contributed by atoms with Gasteiger partial charge in [0.1, 0.15) is 28.4 Å². The molecule has 0 saturated carbocycles. The van der Waals surface area contributed by atoms with Crippen molar-refractivity contribution in [2.24, 2.45) is 11.3 Å². The van der Waals surface area contributed by atoms with Gasteiger partial charge in [0.25, 0.3) is 0 Å². The van der Waals surface area contributed by atoms with Gasteiger partial charge in [0, 0.05) is 56.2 Å². The van der Waals surface area contributed by atoms with Crippen LogP contribution in [0.1, 0.15) is 80.4 Å². The lowest BCUT2D eigenvalue weighted by molar-refractivity contribution is 0.00630. The van der Waals surface area contributed by atoms with Crippen molar-refractivity contribution in [2.45, 2.75) is 71.9 Å². The number of rotatable bonds is 6. The van der Waals surface area contributed by atoms with E-state index in [0.29, 0.717) is 29.2 Å². The van der Waals surface area contributed by atoms with E-state index in [0.717, 1.165) is 75.2 Å². The van der Waals surface area contributed by atoms with E-state index < -0.39 is 5.60 Å². The number of benzene rings is 2. The van der Waals surface area contributed by atoms with Gasteiger partial charge in [-0.05, 0) is 52.0 Å². The van der Waals surface area contributed by atoms with Crippen LogP contribution in [0.25, 0.3) is 0 Å². The highest BCUT2D eigenvalue weighted by Gasteiger charge is 2.45. The molecule has 0 spiro atoms. The maximum atomic E-state index is 14.4. The standard InChI is InChI=1S/C37H50N2O4/c1-26-14-15-28-24-29-33(41-6)30(25-39-22-20-38(5)21-23-39)34(42-7)31(32(40)27-12-9-8-10-13-27)35(29)43-37(28,4)18-11-17-36(2,3)19-16-26/h8-13,16-17,28H,14-15,18-25H2,1-7H3/b17-11+,26-16+. The molecule has 2 aliphatic heterocycles. The summed E-state index contributed by atoms with van der Waals surface area (Å²) in [4.78, 5) is 19.2. The molecule has 6 heteroatoms. The van der Waals surface area contributed by atoms with Crippen LogP contribution < -0.4 is 14.2 Å². The van der Waals surface area contributed by atoms with Gasteiger partial charge in [-0.15, -0.1) is 0 Å². The van der Waals surface area contributed by atoms with Gasteiger partial charge in [-0.3, -0.25) is 9.69 Å². The molecule has 0 amide bonds. The fourth-order valence-electron chi connectivity index (χ4n) is 6.89. The first kappa shape index (κ1) is 31.3. The van der Waals surface area contributed by atoms with Crippen LogP contribution in [0, 0.1) is 11.3 Å². The van der Waals surface area contributed by atoms with Crippen molar-refractivity contribution in [1.29, 1.82) is 0 Å². The molecule has 2 heterocycles. The number of nitrogens with zero attached hydrogens (tertiary/aromatic N) is 2. The molecule has 232 valence electrons. The van der Waals surface area contributed by atoms with Crippen molar-refractivity contribution < 1.29 is 19.0 Å². The number of carbonyl (C=O) groups excluding carboxylic acids is 1. The molecule has 2 aromatic rings. The van der Waals surface area contributed by atoms with E-state index in [-0.39, 0.29) is 17.1 Å². The summed E-state index contributed by atoms with van der Waals surface area (Å²) in [7, 11) is 5.57. The average molecular weight is 587 g/mol. The number of hydrogen-bond donors (Lipinski definition) is 0. The normalized spacial score (nSPS) is 26.5. The van der Waals surface area contributed by atoms with Gasteiger partial charge in [-0.1, -0.05) is 68.0 Å². The van der Waals surface area contributed by atoms with Crippen LogP contribution in [-0.2, 0) is 13.0 Å². The molecular weight excluding hydrogens is 536 g/mol. The zero-order valence-electron chi connectivity index (χ0n) is 27.3. The van der Waals surface area contributed by atoms with E-state index in [1.807, 2.05) is 30.3 Å². The fourth-order valence-corrected chi connectivity index (χ4v) is 6.89. The number of ketones is 1. The smallest absolute Gasteiger partial charge is 0.200 e. The van der Waals surface area contributed by atoms with E-state index in [1.54, 1.807) is 14.2 Å². The maximum absolute atomic E-state index is 14.4. The van der Waals surface area contributed by atoms with Crippen molar-refractivity contribution >= 4 is 5.78 Å². The van der Waals surface area contributed by atoms with Crippen LogP contribution in [0.15, 0.2) is 54.1 Å². The third kappa shape index (κ3) is 6.71. The molecule has 5 rings (SSSR count). The SMILES string of the molecule is COc1c(CN2CCN(C)CC2)c(OC)c(C(=O)c2ccccc2)c2c1CC1CC/C(C)=C/CC(C)(C)/C=C/CC1(C)O2. The molecule has 43 heavy (non-hydrogen) atoms. The molecule has 0 aromatic heterocycles. The first-order valence-corrected chi connectivity index (χ1v) is 15.9. The predicted molar refractivity (Wildman–Crippen MR) is 174 cm³/mol. The number of fused-ring (bicyclic) bond motifs is 2. The molecule has 6 nitrogen and oxygen atoms in total. The summed E-state index contributed by atoms with van der Waals surface area (Å²) >= 11 is 0. The van der Waals surface area contributed by atoms with Crippen LogP contribution in [0.4, 0.5) is 0 Å². The second-order valence-electron chi connectivity index (χ2n) is 13.7. The molecule has 0 bridgehead atoms. The molecule has 1 saturated heterocycles. The molecule has 3 aliphatic rings. The number of piperazine rings is 1. The number of likely N-dealkylation sites (N-methyl/N-ethyl adjacent to an activating group) is 1.